The molecule has 0 radical (unpaired) electrons. The summed E-state index contributed by atoms with van der Waals surface area (Å²) >= 11 is 0. The number of nitrogens with one attached hydrogen (secondary N) is 1. The van der Waals surface area contributed by atoms with Crippen LogP contribution in [0.15, 0.2) is 86.0 Å². The molecule has 0 aliphatic carbocycles. The van der Waals surface area contributed by atoms with Crippen LogP contribution in [-0.2, 0) is 17.6 Å². The van der Waals surface area contributed by atoms with E-state index in [4.69, 9.17) is 0 Å². The van der Waals surface area contributed by atoms with Crippen molar-refractivity contribution in [3.05, 3.63) is 97.1 Å². The maximum Gasteiger partial charge on any atom is 0.326 e. The van der Waals surface area contributed by atoms with Gasteiger partial charge in [-0.05, 0) is 11.1 Å². The molecule has 2 aromatic carbocycles. The van der Waals surface area contributed by atoms with E-state index in [0.717, 1.165) is 11.1 Å². The van der Waals surface area contributed by atoms with Crippen molar-refractivity contribution in [1.29, 1.82) is 0 Å². The molecular weight excluding hydrogens is 362 g/mol. The lowest BCUT2D eigenvalue weighted by molar-refractivity contribution is -0.132. The van der Waals surface area contributed by atoms with Crippen molar-refractivity contribution in [2.24, 2.45) is 0 Å². The number of carbonyl (C=O) groups excluding carboxylic acids is 2. The topological polar surface area (TPSA) is 52.6 Å². The summed E-state index contributed by atoms with van der Waals surface area (Å²) in [5, 5.41) is 3.01. The van der Waals surface area contributed by atoms with Gasteiger partial charge in [-0.2, -0.15) is 0 Å². The Morgan fingerprint density at radius 1 is 0.862 bits per heavy atom. The van der Waals surface area contributed by atoms with Gasteiger partial charge in [-0.3, -0.25) is 9.69 Å². The lowest BCUT2D eigenvalue weighted by Gasteiger charge is -2.28. The Balaban J connectivity index is 1.90. The molecule has 0 aromatic heterocycles. The molecular formula is C24H27N3O2. The first-order valence-electron chi connectivity index (χ1n) is 9.74. The van der Waals surface area contributed by atoms with Crippen LogP contribution in [0.4, 0.5) is 4.79 Å². The summed E-state index contributed by atoms with van der Waals surface area (Å²) in [5.74, 6) is -0.201. The Morgan fingerprint density at radius 2 is 1.34 bits per heavy atom. The summed E-state index contributed by atoms with van der Waals surface area (Å²) in [5.41, 5.74) is 1.01. The van der Waals surface area contributed by atoms with Gasteiger partial charge in [0.15, 0.2) is 0 Å². The highest BCUT2D eigenvalue weighted by Gasteiger charge is 2.51. The average molecular weight is 389 g/mol. The summed E-state index contributed by atoms with van der Waals surface area (Å²) in [4.78, 5) is 29.6. The Kier molecular flexibility index (Phi) is 6.62. The third-order valence-electron chi connectivity index (χ3n) is 5.06. The van der Waals surface area contributed by atoms with Crippen molar-refractivity contribution in [2.45, 2.75) is 18.4 Å². The number of imide groups is 1. The van der Waals surface area contributed by atoms with Crippen molar-refractivity contribution >= 4 is 11.9 Å². The molecule has 3 amide bonds. The fourth-order valence-electron chi connectivity index (χ4n) is 3.75. The highest BCUT2D eigenvalue weighted by atomic mass is 16.2. The van der Waals surface area contributed by atoms with E-state index in [-0.39, 0.29) is 18.6 Å². The van der Waals surface area contributed by atoms with Gasteiger partial charge in [0.25, 0.3) is 5.91 Å². The van der Waals surface area contributed by atoms with Crippen LogP contribution in [0.1, 0.15) is 11.1 Å². The minimum absolute atomic E-state index is 0.201. The molecule has 0 atom stereocenters. The fraction of sp³-hybridized carbons (Fsp3) is 0.250. The molecule has 3 rings (SSSR count). The third kappa shape index (κ3) is 4.81. The number of urea groups is 1. The van der Waals surface area contributed by atoms with Crippen molar-refractivity contribution in [3.8, 4) is 0 Å². The fourth-order valence-corrected chi connectivity index (χ4v) is 3.75. The number of amides is 3. The van der Waals surface area contributed by atoms with Gasteiger partial charge in [-0.1, -0.05) is 72.8 Å². The summed E-state index contributed by atoms with van der Waals surface area (Å²) < 4.78 is 0. The van der Waals surface area contributed by atoms with Gasteiger partial charge in [0.05, 0.1) is 6.67 Å². The van der Waals surface area contributed by atoms with Gasteiger partial charge in [0, 0.05) is 25.9 Å². The van der Waals surface area contributed by atoms with E-state index in [0.29, 0.717) is 25.9 Å². The first-order chi connectivity index (χ1) is 14.1. The molecule has 5 heteroatoms. The second-order valence-corrected chi connectivity index (χ2v) is 7.32. The van der Waals surface area contributed by atoms with Gasteiger partial charge in [-0.15, -0.1) is 13.2 Å². The second kappa shape index (κ2) is 9.34. The molecule has 0 bridgehead atoms. The smallest absolute Gasteiger partial charge is 0.322 e. The van der Waals surface area contributed by atoms with Crippen molar-refractivity contribution in [3.63, 3.8) is 0 Å². The van der Waals surface area contributed by atoms with Crippen molar-refractivity contribution in [1.82, 2.24) is 15.1 Å². The van der Waals surface area contributed by atoms with Crippen LogP contribution in [-0.4, -0.2) is 47.0 Å². The number of hydrogen-bond acceptors (Lipinski definition) is 3. The highest BCUT2D eigenvalue weighted by Crippen LogP contribution is 2.27. The Hall–Kier alpha value is -3.18. The Labute approximate surface area is 172 Å². The maximum atomic E-state index is 13.6. The maximum absolute atomic E-state index is 13.6. The molecule has 29 heavy (non-hydrogen) atoms. The van der Waals surface area contributed by atoms with Crippen LogP contribution in [0.5, 0.6) is 0 Å². The predicted molar refractivity (Wildman–Crippen MR) is 115 cm³/mol. The monoisotopic (exact) mass is 389 g/mol. The van der Waals surface area contributed by atoms with Crippen LogP contribution in [0, 0.1) is 0 Å². The number of carbonyl (C=O) groups is 2. The van der Waals surface area contributed by atoms with E-state index in [1.54, 1.807) is 12.2 Å². The lowest BCUT2D eigenvalue weighted by atomic mass is 9.84. The lowest BCUT2D eigenvalue weighted by Crippen LogP contribution is -2.51. The van der Waals surface area contributed by atoms with E-state index in [1.165, 1.54) is 4.90 Å². The number of rotatable bonds is 10. The zero-order valence-electron chi connectivity index (χ0n) is 16.6. The molecule has 150 valence electrons. The van der Waals surface area contributed by atoms with Crippen molar-refractivity contribution < 1.29 is 9.59 Å². The molecule has 1 saturated heterocycles. The molecule has 1 heterocycles. The molecule has 1 fully saturated rings. The van der Waals surface area contributed by atoms with Gasteiger partial charge < -0.3 is 5.32 Å². The molecule has 0 spiro atoms. The van der Waals surface area contributed by atoms with Crippen LogP contribution in [0.2, 0.25) is 0 Å². The highest BCUT2D eigenvalue weighted by molar-refractivity contribution is 6.07. The molecule has 0 saturated carbocycles. The minimum atomic E-state index is -1.01. The first-order valence-corrected chi connectivity index (χ1v) is 9.74. The Bertz CT molecular complexity index is 813. The molecule has 2 aromatic rings. The molecule has 0 unspecified atom stereocenters. The largest absolute Gasteiger partial charge is 0.326 e. The number of hydrogen-bond donors (Lipinski definition) is 1. The normalized spacial score (nSPS) is 15.4. The summed E-state index contributed by atoms with van der Waals surface area (Å²) in [6, 6.07) is 19.2. The zero-order valence-corrected chi connectivity index (χ0v) is 16.6. The minimum Gasteiger partial charge on any atom is -0.322 e. The second-order valence-electron chi connectivity index (χ2n) is 7.32. The van der Waals surface area contributed by atoms with Gasteiger partial charge in [-0.25, -0.2) is 9.69 Å². The van der Waals surface area contributed by atoms with E-state index in [9.17, 15) is 9.59 Å². The summed E-state index contributed by atoms with van der Waals surface area (Å²) in [6.45, 7) is 8.84. The van der Waals surface area contributed by atoms with Crippen LogP contribution in [0.3, 0.4) is 0 Å². The third-order valence-corrected chi connectivity index (χ3v) is 5.06. The van der Waals surface area contributed by atoms with Crippen LogP contribution in [0.25, 0.3) is 0 Å². The number of nitrogens with zero attached hydrogens (tertiary/aromatic N) is 2. The molecule has 5 nitrogen and oxygen atoms in total. The Morgan fingerprint density at radius 3 is 1.79 bits per heavy atom. The van der Waals surface area contributed by atoms with E-state index in [1.807, 2.05) is 65.6 Å². The molecule has 1 N–H and O–H groups in total. The van der Waals surface area contributed by atoms with Gasteiger partial charge in [0.2, 0.25) is 0 Å². The van der Waals surface area contributed by atoms with Gasteiger partial charge >= 0.3 is 6.03 Å². The van der Waals surface area contributed by atoms with Gasteiger partial charge in [0.1, 0.15) is 5.54 Å². The van der Waals surface area contributed by atoms with Crippen LogP contribution < -0.4 is 5.32 Å². The van der Waals surface area contributed by atoms with E-state index in [2.05, 4.69) is 18.5 Å². The zero-order chi connectivity index (χ0) is 20.7. The van der Waals surface area contributed by atoms with E-state index < -0.39 is 5.54 Å². The standard InChI is InChI=1S/C24H27N3O2/c1-3-15-26(16-4-2)19-27-22(28)24(25-23(27)29,17-20-11-7-5-8-12-20)18-21-13-9-6-10-14-21/h3-14H,1-2,15-19H2,(H,25,29). The number of benzene rings is 2. The average Bonchev–Trinajstić information content (AvgIpc) is 2.94. The summed E-state index contributed by atoms with van der Waals surface area (Å²) in [7, 11) is 0. The summed E-state index contributed by atoms with van der Waals surface area (Å²) in [6.07, 6.45) is 4.38. The first kappa shape index (κ1) is 20.6. The quantitative estimate of drug-likeness (QED) is 0.501. The molecule has 1 aliphatic heterocycles. The van der Waals surface area contributed by atoms with Crippen molar-refractivity contribution in [2.75, 3.05) is 19.8 Å². The molecule has 1 aliphatic rings. The van der Waals surface area contributed by atoms with Crippen LogP contribution >= 0.6 is 0 Å². The van der Waals surface area contributed by atoms with E-state index >= 15 is 0 Å². The SMILES string of the molecule is C=CCN(CC=C)CN1C(=O)NC(Cc2ccccc2)(Cc2ccccc2)C1=O. The predicted octanol–water partition coefficient (Wildman–Crippen LogP) is 3.39.